The van der Waals surface area contributed by atoms with Gasteiger partial charge >= 0.3 is 0 Å². The van der Waals surface area contributed by atoms with Crippen LogP contribution >= 0.6 is 11.6 Å². The molecule has 0 aliphatic carbocycles. The van der Waals surface area contributed by atoms with E-state index in [-0.39, 0.29) is 24.2 Å². The molecule has 16 heavy (non-hydrogen) atoms. The SMILES string of the molecule is C=C(CCl)C(=O)NCCCC[N+](C)(C)C.[Cl-]. The maximum absolute atomic E-state index is 11.2. The fourth-order valence-electron chi connectivity index (χ4n) is 1.10. The van der Waals surface area contributed by atoms with Crippen LogP contribution in [0.4, 0.5) is 0 Å². The van der Waals surface area contributed by atoms with Gasteiger partial charge < -0.3 is 22.2 Å². The number of unbranched alkanes of at least 4 members (excludes halogenated alkanes) is 1. The first-order chi connectivity index (χ1) is 6.87. The van der Waals surface area contributed by atoms with Crippen molar-refractivity contribution < 1.29 is 21.7 Å². The maximum atomic E-state index is 11.2. The zero-order chi connectivity index (χ0) is 11.9. The fraction of sp³-hybridized carbons (Fsp3) is 0.727. The molecule has 96 valence electrons. The number of carbonyl (C=O) groups is 1. The number of amides is 1. The van der Waals surface area contributed by atoms with Crippen LogP contribution in [0.25, 0.3) is 0 Å². The Morgan fingerprint density at radius 3 is 2.31 bits per heavy atom. The highest BCUT2D eigenvalue weighted by molar-refractivity contribution is 6.22. The van der Waals surface area contributed by atoms with Crippen molar-refractivity contribution in [3.05, 3.63) is 12.2 Å². The lowest BCUT2D eigenvalue weighted by molar-refractivity contribution is -0.870. The van der Waals surface area contributed by atoms with Gasteiger partial charge in [0.15, 0.2) is 0 Å². The lowest BCUT2D eigenvalue weighted by atomic mass is 10.2. The van der Waals surface area contributed by atoms with Crippen LogP contribution < -0.4 is 17.7 Å². The summed E-state index contributed by atoms with van der Waals surface area (Å²) in [5, 5.41) is 2.79. The van der Waals surface area contributed by atoms with Crippen LogP contribution in [0.3, 0.4) is 0 Å². The molecule has 5 heteroatoms. The number of hydrogen-bond donors (Lipinski definition) is 1. The highest BCUT2D eigenvalue weighted by Crippen LogP contribution is 1.97. The number of rotatable bonds is 7. The topological polar surface area (TPSA) is 29.1 Å². The molecule has 0 aromatic heterocycles. The van der Waals surface area contributed by atoms with Crippen LogP contribution in [-0.2, 0) is 4.79 Å². The van der Waals surface area contributed by atoms with Gasteiger partial charge in [-0.25, -0.2) is 0 Å². The van der Waals surface area contributed by atoms with Gasteiger partial charge in [-0.15, -0.1) is 11.6 Å². The smallest absolute Gasteiger partial charge is 0.247 e. The van der Waals surface area contributed by atoms with Crippen molar-refractivity contribution in [1.82, 2.24) is 5.32 Å². The summed E-state index contributed by atoms with van der Waals surface area (Å²) in [7, 11) is 6.48. The third-order valence-electron chi connectivity index (χ3n) is 2.02. The van der Waals surface area contributed by atoms with Crippen LogP contribution in [-0.4, -0.2) is 50.5 Å². The average Bonchev–Trinajstić information content (AvgIpc) is 2.14. The second-order valence-electron chi connectivity index (χ2n) is 4.71. The predicted molar refractivity (Wildman–Crippen MR) is 65.0 cm³/mol. The molecule has 0 unspecified atom stereocenters. The molecular formula is C11H22Cl2N2O. The molecule has 0 bridgehead atoms. The minimum atomic E-state index is -0.129. The van der Waals surface area contributed by atoms with Gasteiger partial charge in [0.05, 0.1) is 33.6 Å². The average molecular weight is 269 g/mol. The van der Waals surface area contributed by atoms with Crippen molar-refractivity contribution in [1.29, 1.82) is 0 Å². The molecule has 0 fully saturated rings. The molecule has 0 aromatic rings. The summed E-state index contributed by atoms with van der Waals surface area (Å²) >= 11 is 5.48. The zero-order valence-electron chi connectivity index (χ0n) is 10.4. The molecule has 0 aliphatic heterocycles. The van der Waals surface area contributed by atoms with Crippen molar-refractivity contribution in [2.24, 2.45) is 0 Å². The lowest BCUT2D eigenvalue weighted by Crippen LogP contribution is -3.00. The molecule has 0 aromatic carbocycles. The van der Waals surface area contributed by atoms with Crippen molar-refractivity contribution in [2.75, 3.05) is 40.1 Å². The van der Waals surface area contributed by atoms with Crippen LogP contribution in [0, 0.1) is 0 Å². The first kappa shape index (κ1) is 18.1. The first-order valence-corrected chi connectivity index (χ1v) is 5.72. The maximum Gasteiger partial charge on any atom is 0.247 e. The lowest BCUT2D eigenvalue weighted by Gasteiger charge is -2.23. The first-order valence-electron chi connectivity index (χ1n) is 5.19. The van der Waals surface area contributed by atoms with E-state index in [1.165, 1.54) is 0 Å². The van der Waals surface area contributed by atoms with E-state index in [0.717, 1.165) is 23.9 Å². The summed E-state index contributed by atoms with van der Waals surface area (Å²) in [6.45, 7) is 5.38. The molecule has 0 aliphatic rings. The summed E-state index contributed by atoms with van der Waals surface area (Å²) in [5.41, 5.74) is 0.434. The number of halogens is 2. The zero-order valence-corrected chi connectivity index (χ0v) is 11.9. The van der Waals surface area contributed by atoms with Gasteiger partial charge in [0.2, 0.25) is 5.91 Å². The van der Waals surface area contributed by atoms with Gasteiger partial charge in [-0.3, -0.25) is 4.79 Å². The monoisotopic (exact) mass is 268 g/mol. The van der Waals surface area contributed by atoms with Crippen molar-refractivity contribution in [2.45, 2.75) is 12.8 Å². The largest absolute Gasteiger partial charge is 1.00 e. The minimum Gasteiger partial charge on any atom is -1.00 e. The Kier molecular flexibility index (Phi) is 10.0. The summed E-state index contributed by atoms with van der Waals surface area (Å²) in [6, 6.07) is 0. The van der Waals surface area contributed by atoms with Crippen LogP contribution in [0.2, 0.25) is 0 Å². The molecule has 1 amide bonds. The Hall–Kier alpha value is -0.250. The molecule has 1 N–H and O–H groups in total. The summed E-state index contributed by atoms with van der Waals surface area (Å²) < 4.78 is 0.961. The molecule has 0 atom stereocenters. The van der Waals surface area contributed by atoms with Crippen LogP contribution in [0.15, 0.2) is 12.2 Å². The third-order valence-corrected chi connectivity index (χ3v) is 2.35. The Labute approximate surface area is 110 Å². The normalized spacial score (nSPS) is 10.5. The Morgan fingerprint density at radius 2 is 1.88 bits per heavy atom. The van der Waals surface area contributed by atoms with E-state index in [1.807, 2.05) is 0 Å². The minimum absolute atomic E-state index is 0. The number of quaternary nitrogens is 1. The highest BCUT2D eigenvalue weighted by Gasteiger charge is 2.07. The number of hydrogen-bond acceptors (Lipinski definition) is 1. The second-order valence-corrected chi connectivity index (χ2v) is 4.98. The van der Waals surface area contributed by atoms with Gasteiger partial charge in [-0.2, -0.15) is 0 Å². The Bertz CT molecular complexity index is 225. The molecular weight excluding hydrogens is 247 g/mol. The van der Waals surface area contributed by atoms with E-state index in [9.17, 15) is 4.79 Å². The van der Waals surface area contributed by atoms with Gasteiger partial charge in [0.25, 0.3) is 0 Å². The van der Waals surface area contributed by atoms with Crippen molar-refractivity contribution >= 4 is 17.5 Å². The molecule has 0 spiro atoms. The van der Waals surface area contributed by atoms with E-state index < -0.39 is 0 Å². The van der Waals surface area contributed by atoms with E-state index in [0.29, 0.717) is 12.1 Å². The molecule has 0 rings (SSSR count). The quantitative estimate of drug-likeness (QED) is 0.256. The van der Waals surface area contributed by atoms with Crippen LogP contribution in [0.5, 0.6) is 0 Å². The van der Waals surface area contributed by atoms with Gasteiger partial charge in [-0.05, 0) is 12.8 Å². The van der Waals surface area contributed by atoms with Gasteiger partial charge in [-0.1, -0.05) is 6.58 Å². The van der Waals surface area contributed by atoms with E-state index >= 15 is 0 Å². The molecule has 0 saturated carbocycles. The standard InChI is InChI=1S/C11H21ClN2O.ClH/c1-10(9-12)11(15)13-7-5-6-8-14(2,3)4;/h1,5-9H2,2-4H3;1H. The summed E-state index contributed by atoms with van der Waals surface area (Å²) in [5.74, 6) is 0.0697. The van der Waals surface area contributed by atoms with Gasteiger partial charge in [0, 0.05) is 12.1 Å². The van der Waals surface area contributed by atoms with E-state index in [2.05, 4.69) is 33.0 Å². The summed E-state index contributed by atoms with van der Waals surface area (Å²) in [4.78, 5) is 11.2. The third kappa shape index (κ3) is 10.3. The van der Waals surface area contributed by atoms with Crippen molar-refractivity contribution in [3.8, 4) is 0 Å². The molecule has 0 heterocycles. The predicted octanol–water partition coefficient (Wildman–Crippen LogP) is -1.61. The Morgan fingerprint density at radius 1 is 1.31 bits per heavy atom. The molecule has 0 radical (unpaired) electrons. The summed E-state index contributed by atoms with van der Waals surface area (Å²) in [6.07, 6.45) is 2.11. The van der Waals surface area contributed by atoms with Crippen molar-refractivity contribution in [3.63, 3.8) is 0 Å². The number of nitrogens with zero attached hydrogens (tertiary/aromatic N) is 1. The van der Waals surface area contributed by atoms with Crippen LogP contribution in [0.1, 0.15) is 12.8 Å². The second kappa shape index (κ2) is 8.85. The number of alkyl halides is 1. The highest BCUT2D eigenvalue weighted by atomic mass is 35.5. The number of nitrogens with one attached hydrogen (secondary N) is 1. The number of carbonyl (C=O) groups excluding carboxylic acids is 1. The Balaban J connectivity index is 0. The van der Waals surface area contributed by atoms with Gasteiger partial charge in [0.1, 0.15) is 0 Å². The molecule has 0 saturated heterocycles. The fourth-order valence-corrected chi connectivity index (χ4v) is 1.22. The van der Waals surface area contributed by atoms with E-state index in [4.69, 9.17) is 11.6 Å². The molecule has 3 nitrogen and oxygen atoms in total. The van der Waals surface area contributed by atoms with E-state index in [1.54, 1.807) is 0 Å².